The van der Waals surface area contributed by atoms with E-state index in [1.54, 1.807) is 24.3 Å². The van der Waals surface area contributed by atoms with Crippen molar-refractivity contribution >= 4 is 29.0 Å². The molecule has 2 aromatic carbocycles. The van der Waals surface area contributed by atoms with Crippen LogP contribution in [0.2, 0.25) is 5.02 Å². The Balaban J connectivity index is 1.67. The highest BCUT2D eigenvalue weighted by molar-refractivity contribution is 6.30. The maximum Gasteiger partial charge on any atom is 0.235 e. The summed E-state index contributed by atoms with van der Waals surface area (Å²) >= 11 is 6.12. The molecule has 9 nitrogen and oxygen atoms in total. The second-order valence-corrected chi connectivity index (χ2v) is 7.77. The molecule has 160 valence electrons. The van der Waals surface area contributed by atoms with E-state index >= 15 is 0 Å². The molecule has 0 unspecified atom stereocenters. The third kappa shape index (κ3) is 3.97. The first kappa shape index (κ1) is 21.2. The topological polar surface area (TPSA) is 155 Å². The first-order valence-corrected chi connectivity index (χ1v) is 10.1. The van der Waals surface area contributed by atoms with Gasteiger partial charge in [0.1, 0.15) is 6.07 Å². The van der Waals surface area contributed by atoms with Gasteiger partial charge in [-0.2, -0.15) is 10.4 Å². The van der Waals surface area contributed by atoms with Crippen LogP contribution >= 0.6 is 11.6 Å². The number of hydrazone groups is 1. The van der Waals surface area contributed by atoms with Crippen LogP contribution in [0.25, 0.3) is 11.1 Å². The van der Waals surface area contributed by atoms with Crippen molar-refractivity contribution in [1.82, 2.24) is 15.4 Å². The SMILES string of the molecule is N#Cc1ncc(-c2ccc(NC(=O)C3(c4cccc(Cl)c4)CC3)cc2/C(=N/N)NN)cn1. The maximum atomic E-state index is 13.2. The van der Waals surface area contributed by atoms with E-state index in [2.05, 4.69) is 25.8 Å². The Labute approximate surface area is 189 Å². The van der Waals surface area contributed by atoms with Crippen molar-refractivity contribution in [2.24, 2.45) is 16.8 Å². The smallest absolute Gasteiger partial charge is 0.235 e. The first-order valence-electron chi connectivity index (χ1n) is 9.69. The van der Waals surface area contributed by atoms with Crippen LogP contribution in [0.5, 0.6) is 0 Å². The van der Waals surface area contributed by atoms with Crippen molar-refractivity contribution in [3.63, 3.8) is 0 Å². The highest BCUT2D eigenvalue weighted by Gasteiger charge is 2.51. The number of amides is 1. The van der Waals surface area contributed by atoms with E-state index in [1.807, 2.05) is 24.3 Å². The third-order valence-corrected chi connectivity index (χ3v) is 5.66. The number of aromatic nitrogens is 2. The van der Waals surface area contributed by atoms with Crippen LogP contribution in [-0.4, -0.2) is 21.7 Å². The van der Waals surface area contributed by atoms with E-state index < -0.39 is 5.41 Å². The van der Waals surface area contributed by atoms with Crippen molar-refractivity contribution < 1.29 is 4.79 Å². The lowest BCUT2D eigenvalue weighted by Crippen LogP contribution is -2.33. The quantitative estimate of drug-likeness (QED) is 0.203. The average molecular weight is 447 g/mol. The Hall–Kier alpha value is -4.00. The zero-order chi connectivity index (χ0) is 22.7. The zero-order valence-corrected chi connectivity index (χ0v) is 17.6. The molecular formula is C22H19ClN8O. The van der Waals surface area contributed by atoms with Crippen molar-refractivity contribution in [3.8, 4) is 17.2 Å². The summed E-state index contributed by atoms with van der Waals surface area (Å²) in [4.78, 5) is 21.2. The van der Waals surface area contributed by atoms with Gasteiger partial charge >= 0.3 is 0 Å². The summed E-state index contributed by atoms with van der Waals surface area (Å²) in [5, 5.41) is 16.2. The van der Waals surface area contributed by atoms with Gasteiger partial charge in [-0.1, -0.05) is 29.8 Å². The van der Waals surface area contributed by atoms with Gasteiger partial charge in [-0.15, -0.1) is 0 Å². The van der Waals surface area contributed by atoms with Crippen LogP contribution < -0.4 is 22.4 Å². The van der Waals surface area contributed by atoms with Gasteiger partial charge in [-0.3, -0.25) is 4.79 Å². The Morgan fingerprint density at radius 1 is 1.19 bits per heavy atom. The number of nitriles is 1. The number of hydrazine groups is 1. The summed E-state index contributed by atoms with van der Waals surface area (Å²) < 4.78 is 0. The number of rotatable bonds is 5. The van der Waals surface area contributed by atoms with E-state index in [4.69, 9.17) is 28.5 Å². The van der Waals surface area contributed by atoms with E-state index in [0.717, 1.165) is 18.4 Å². The summed E-state index contributed by atoms with van der Waals surface area (Å²) in [6, 6.07) is 14.5. The van der Waals surface area contributed by atoms with Gasteiger partial charge in [-0.05, 0) is 48.2 Å². The molecule has 10 heteroatoms. The van der Waals surface area contributed by atoms with E-state index in [9.17, 15) is 4.79 Å². The molecule has 1 amide bonds. The molecule has 0 radical (unpaired) electrons. The molecule has 1 aliphatic rings. The van der Waals surface area contributed by atoms with Crippen molar-refractivity contribution in [2.45, 2.75) is 18.3 Å². The van der Waals surface area contributed by atoms with Gasteiger partial charge in [0, 0.05) is 34.2 Å². The van der Waals surface area contributed by atoms with Crippen molar-refractivity contribution in [2.75, 3.05) is 5.32 Å². The first-order chi connectivity index (χ1) is 15.5. The van der Waals surface area contributed by atoms with Crippen LogP contribution in [0.4, 0.5) is 5.69 Å². The minimum Gasteiger partial charge on any atom is -0.325 e. The summed E-state index contributed by atoms with van der Waals surface area (Å²) in [5.74, 6) is 11.2. The summed E-state index contributed by atoms with van der Waals surface area (Å²) in [5.41, 5.74) is 5.14. The van der Waals surface area contributed by atoms with Crippen LogP contribution in [0.3, 0.4) is 0 Å². The van der Waals surface area contributed by atoms with Gasteiger partial charge < -0.3 is 16.6 Å². The number of nitrogens with one attached hydrogen (secondary N) is 2. The number of halogens is 1. The van der Waals surface area contributed by atoms with Crippen molar-refractivity contribution in [1.29, 1.82) is 5.26 Å². The number of hydrogen-bond acceptors (Lipinski definition) is 7. The molecule has 0 aliphatic heterocycles. The second-order valence-electron chi connectivity index (χ2n) is 7.34. The average Bonchev–Trinajstić information content (AvgIpc) is 3.63. The molecule has 1 heterocycles. The molecule has 3 aromatic rings. The Morgan fingerprint density at radius 3 is 2.53 bits per heavy atom. The highest BCUT2D eigenvalue weighted by atomic mass is 35.5. The molecule has 0 atom stereocenters. The number of nitrogens with zero attached hydrogens (tertiary/aromatic N) is 4. The summed E-state index contributed by atoms with van der Waals surface area (Å²) in [7, 11) is 0. The van der Waals surface area contributed by atoms with Gasteiger partial charge in [0.15, 0.2) is 5.84 Å². The number of carbonyl (C=O) groups excluding carboxylic acids is 1. The lowest BCUT2D eigenvalue weighted by molar-refractivity contribution is -0.118. The largest absolute Gasteiger partial charge is 0.325 e. The third-order valence-electron chi connectivity index (χ3n) is 5.42. The fraction of sp³-hybridized carbons (Fsp3) is 0.136. The predicted octanol–water partition coefficient (Wildman–Crippen LogP) is 2.42. The number of anilines is 1. The molecule has 4 rings (SSSR count). The van der Waals surface area contributed by atoms with Gasteiger partial charge in [-0.25, -0.2) is 15.8 Å². The molecule has 1 aliphatic carbocycles. The van der Waals surface area contributed by atoms with Gasteiger partial charge in [0.25, 0.3) is 0 Å². The Kier molecular flexibility index (Phi) is 5.73. The molecule has 32 heavy (non-hydrogen) atoms. The van der Waals surface area contributed by atoms with Crippen LogP contribution in [0, 0.1) is 11.3 Å². The number of hydrogen-bond donors (Lipinski definition) is 4. The van der Waals surface area contributed by atoms with E-state index in [1.165, 1.54) is 12.4 Å². The number of benzene rings is 2. The monoisotopic (exact) mass is 446 g/mol. The standard InChI is InChI=1S/C22H19ClN8O/c23-15-3-1-2-14(8-15)22(6-7-22)21(32)29-16-4-5-17(18(9-16)20(30-25)31-26)13-11-27-19(10-24)28-12-13/h1-5,8-9,11-12H,6-7,25-26H2,(H,29,32)(H,30,31). The molecule has 6 N–H and O–H groups in total. The maximum absolute atomic E-state index is 13.2. The second kappa shape index (κ2) is 8.63. The zero-order valence-electron chi connectivity index (χ0n) is 16.8. The molecule has 1 aromatic heterocycles. The van der Waals surface area contributed by atoms with Gasteiger partial charge in [0.05, 0.1) is 5.41 Å². The number of nitrogens with two attached hydrogens (primary N) is 2. The van der Waals surface area contributed by atoms with Crippen LogP contribution in [0.1, 0.15) is 29.8 Å². The predicted molar refractivity (Wildman–Crippen MR) is 121 cm³/mol. The lowest BCUT2D eigenvalue weighted by atomic mass is 9.94. The molecular weight excluding hydrogens is 428 g/mol. The summed E-state index contributed by atoms with van der Waals surface area (Å²) in [6.07, 6.45) is 4.52. The number of carbonyl (C=O) groups is 1. The summed E-state index contributed by atoms with van der Waals surface area (Å²) in [6.45, 7) is 0. The highest BCUT2D eigenvalue weighted by Crippen LogP contribution is 2.49. The molecule has 0 spiro atoms. The lowest BCUT2D eigenvalue weighted by Gasteiger charge is -2.18. The van der Waals surface area contributed by atoms with Crippen LogP contribution in [-0.2, 0) is 10.2 Å². The number of amidine groups is 1. The normalized spacial score (nSPS) is 14.3. The van der Waals surface area contributed by atoms with E-state index in [0.29, 0.717) is 27.4 Å². The van der Waals surface area contributed by atoms with Crippen molar-refractivity contribution in [3.05, 3.63) is 76.8 Å². The molecule has 1 saturated carbocycles. The molecule has 0 saturated heterocycles. The fourth-order valence-corrected chi connectivity index (χ4v) is 3.78. The minimum atomic E-state index is -0.596. The Bertz CT molecular complexity index is 1250. The Morgan fingerprint density at radius 2 is 1.94 bits per heavy atom. The van der Waals surface area contributed by atoms with E-state index in [-0.39, 0.29) is 17.6 Å². The molecule has 0 bridgehead atoms. The fourth-order valence-electron chi connectivity index (χ4n) is 3.59. The molecule has 1 fully saturated rings. The minimum absolute atomic E-state index is 0.0552. The van der Waals surface area contributed by atoms with Crippen LogP contribution in [0.15, 0.2) is 60.0 Å². The van der Waals surface area contributed by atoms with Gasteiger partial charge in [0.2, 0.25) is 11.7 Å².